The van der Waals surface area contributed by atoms with Crippen LogP contribution in [-0.2, 0) is 0 Å². The van der Waals surface area contributed by atoms with E-state index < -0.39 is 0 Å². The molecular formula is C7H12N4O. The highest BCUT2D eigenvalue weighted by Gasteiger charge is 2.05. The lowest BCUT2D eigenvalue weighted by atomic mass is 10.2. The van der Waals surface area contributed by atoms with Crippen molar-refractivity contribution in [1.29, 1.82) is 0 Å². The van der Waals surface area contributed by atoms with E-state index in [2.05, 4.69) is 9.97 Å². The van der Waals surface area contributed by atoms with Gasteiger partial charge >= 0.3 is 0 Å². The van der Waals surface area contributed by atoms with E-state index >= 15 is 0 Å². The maximum atomic E-state index is 10.9. The number of nitrogens with zero attached hydrogens (tertiary/aromatic N) is 1. The van der Waals surface area contributed by atoms with Crippen molar-refractivity contribution < 1.29 is 0 Å². The lowest BCUT2D eigenvalue weighted by Crippen LogP contribution is -2.18. The van der Waals surface area contributed by atoms with Gasteiger partial charge in [0.2, 0.25) is 0 Å². The summed E-state index contributed by atoms with van der Waals surface area (Å²) in [7, 11) is 0. The zero-order valence-corrected chi connectivity index (χ0v) is 6.87. The van der Waals surface area contributed by atoms with Gasteiger partial charge in [0.1, 0.15) is 11.6 Å². The largest absolute Gasteiger partial charge is 0.383 e. The van der Waals surface area contributed by atoms with Gasteiger partial charge in [0, 0.05) is 18.5 Å². The summed E-state index contributed by atoms with van der Waals surface area (Å²) in [6.45, 7) is 2.31. The van der Waals surface area contributed by atoms with Crippen LogP contribution < -0.4 is 17.0 Å². The Hall–Kier alpha value is -1.36. The molecule has 0 radical (unpaired) electrons. The van der Waals surface area contributed by atoms with E-state index in [9.17, 15) is 4.79 Å². The Morgan fingerprint density at radius 1 is 1.75 bits per heavy atom. The molecule has 1 unspecified atom stereocenters. The van der Waals surface area contributed by atoms with Gasteiger partial charge in [-0.25, -0.2) is 4.98 Å². The molecule has 0 saturated heterocycles. The summed E-state index contributed by atoms with van der Waals surface area (Å²) in [6, 6.07) is 1.24. The molecule has 1 aromatic rings. The minimum Gasteiger partial charge on any atom is -0.383 e. The fraction of sp³-hybridized carbons (Fsp3) is 0.429. The number of aromatic amines is 1. The second-order valence-electron chi connectivity index (χ2n) is 2.69. The second-order valence-corrected chi connectivity index (χ2v) is 2.69. The quantitative estimate of drug-likeness (QED) is 0.550. The number of hydrogen-bond acceptors (Lipinski definition) is 4. The van der Waals surface area contributed by atoms with E-state index in [0.29, 0.717) is 12.4 Å². The molecular weight excluding hydrogens is 156 g/mol. The molecule has 5 nitrogen and oxygen atoms in total. The molecule has 0 aromatic carbocycles. The van der Waals surface area contributed by atoms with E-state index in [1.54, 1.807) is 0 Å². The first-order valence-corrected chi connectivity index (χ1v) is 3.70. The van der Waals surface area contributed by atoms with Crippen molar-refractivity contribution in [2.75, 3.05) is 12.3 Å². The molecule has 0 amide bonds. The smallest absolute Gasteiger partial charge is 0.252 e. The van der Waals surface area contributed by atoms with Crippen molar-refractivity contribution in [2.24, 2.45) is 5.73 Å². The van der Waals surface area contributed by atoms with E-state index in [4.69, 9.17) is 11.5 Å². The number of hydrogen-bond donors (Lipinski definition) is 3. The van der Waals surface area contributed by atoms with Gasteiger partial charge in [-0.2, -0.15) is 0 Å². The van der Waals surface area contributed by atoms with Crippen LogP contribution in [0, 0.1) is 0 Å². The van der Waals surface area contributed by atoms with Gasteiger partial charge in [-0.05, 0) is 0 Å². The van der Waals surface area contributed by atoms with Crippen molar-refractivity contribution >= 4 is 5.82 Å². The van der Waals surface area contributed by atoms with Crippen molar-refractivity contribution in [3.8, 4) is 0 Å². The zero-order valence-electron chi connectivity index (χ0n) is 6.87. The summed E-state index contributed by atoms with van der Waals surface area (Å²) in [5, 5.41) is 0. The molecule has 0 bridgehead atoms. The third kappa shape index (κ3) is 1.82. The van der Waals surface area contributed by atoms with E-state index in [-0.39, 0.29) is 17.3 Å². The standard InChI is InChI=1S/C7H12N4O/c1-4(3-8)7-10-5(9)2-6(12)11-7/h2,4H,3,8H2,1H3,(H3,9,10,11,12). The summed E-state index contributed by atoms with van der Waals surface area (Å²) in [5.74, 6) is 0.803. The highest BCUT2D eigenvalue weighted by molar-refractivity contribution is 5.25. The molecule has 5 heteroatoms. The molecule has 1 atom stereocenters. The van der Waals surface area contributed by atoms with E-state index in [1.807, 2.05) is 6.92 Å². The molecule has 1 aromatic heterocycles. The Balaban J connectivity index is 3.08. The SMILES string of the molecule is CC(CN)c1nc(N)cc(=O)[nH]1. The normalized spacial score (nSPS) is 12.8. The minimum absolute atomic E-state index is 0.0289. The highest BCUT2D eigenvalue weighted by Crippen LogP contribution is 2.06. The Morgan fingerprint density at radius 2 is 2.42 bits per heavy atom. The number of aromatic nitrogens is 2. The fourth-order valence-corrected chi connectivity index (χ4v) is 0.841. The number of H-pyrrole nitrogens is 1. The van der Waals surface area contributed by atoms with Crippen molar-refractivity contribution in [1.82, 2.24) is 9.97 Å². The van der Waals surface area contributed by atoms with Crippen LogP contribution in [0.4, 0.5) is 5.82 Å². The Labute approximate surface area is 69.8 Å². The number of rotatable bonds is 2. The number of anilines is 1. The average Bonchev–Trinajstić information content (AvgIpc) is 2.01. The zero-order chi connectivity index (χ0) is 9.14. The van der Waals surface area contributed by atoms with Crippen LogP contribution in [0.25, 0.3) is 0 Å². The topological polar surface area (TPSA) is 97.8 Å². The first-order chi connectivity index (χ1) is 5.63. The van der Waals surface area contributed by atoms with Gasteiger partial charge in [-0.15, -0.1) is 0 Å². The lowest BCUT2D eigenvalue weighted by molar-refractivity contribution is 0.708. The molecule has 66 valence electrons. The van der Waals surface area contributed by atoms with Crippen molar-refractivity contribution in [2.45, 2.75) is 12.8 Å². The maximum absolute atomic E-state index is 10.9. The van der Waals surface area contributed by atoms with Crippen LogP contribution in [0.15, 0.2) is 10.9 Å². The number of nitrogens with one attached hydrogen (secondary N) is 1. The van der Waals surface area contributed by atoms with Crippen LogP contribution in [0.5, 0.6) is 0 Å². The van der Waals surface area contributed by atoms with E-state index in [1.165, 1.54) is 6.07 Å². The molecule has 0 fully saturated rings. The van der Waals surface area contributed by atoms with Gasteiger partial charge in [-0.3, -0.25) is 4.79 Å². The summed E-state index contributed by atoms with van der Waals surface area (Å²) >= 11 is 0. The highest BCUT2D eigenvalue weighted by atomic mass is 16.1. The molecule has 0 aliphatic carbocycles. The summed E-state index contributed by atoms with van der Waals surface area (Å²) in [5.41, 5.74) is 10.5. The van der Waals surface area contributed by atoms with Crippen LogP contribution >= 0.6 is 0 Å². The second kappa shape index (κ2) is 3.36. The van der Waals surface area contributed by atoms with Crippen molar-refractivity contribution in [3.63, 3.8) is 0 Å². The van der Waals surface area contributed by atoms with Gasteiger partial charge in [0.05, 0.1) is 0 Å². The molecule has 0 aliphatic heterocycles. The first kappa shape index (κ1) is 8.73. The summed E-state index contributed by atoms with van der Waals surface area (Å²) in [4.78, 5) is 17.4. The van der Waals surface area contributed by atoms with E-state index in [0.717, 1.165) is 0 Å². The molecule has 0 aliphatic rings. The monoisotopic (exact) mass is 168 g/mol. The van der Waals surface area contributed by atoms with Crippen LogP contribution in [-0.4, -0.2) is 16.5 Å². The van der Waals surface area contributed by atoms with Crippen LogP contribution in [0.3, 0.4) is 0 Å². The molecule has 0 saturated carbocycles. The molecule has 0 spiro atoms. The van der Waals surface area contributed by atoms with Gasteiger partial charge in [0.15, 0.2) is 0 Å². The summed E-state index contributed by atoms with van der Waals surface area (Å²) in [6.07, 6.45) is 0. The predicted octanol–water partition coefficient (Wildman–Crippen LogP) is -0.586. The average molecular weight is 168 g/mol. The molecule has 1 heterocycles. The Bertz CT molecular complexity index is 319. The van der Waals surface area contributed by atoms with Gasteiger partial charge in [0.25, 0.3) is 5.56 Å². The minimum atomic E-state index is -0.238. The Kier molecular flexibility index (Phi) is 2.44. The van der Waals surface area contributed by atoms with Gasteiger partial charge < -0.3 is 16.5 Å². The molecule has 12 heavy (non-hydrogen) atoms. The number of nitrogens with two attached hydrogens (primary N) is 2. The van der Waals surface area contributed by atoms with Gasteiger partial charge in [-0.1, -0.05) is 6.92 Å². The van der Waals surface area contributed by atoms with Crippen molar-refractivity contribution in [3.05, 3.63) is 22.2 Å². The maximum Gasteiger partial charge on any atom is 0.252 e. The van der Waals surface area contributed by atoms with Crippen LogP contribution in [0.2, 0.25) is 0 Å². The fourth-order valence-electron chi connectivity index (χ4n) is 0.841. The predicted molar refractivity (Wildman–Crippen MR) is 46.7 cm³/mol. The summed E-state index contributed by atoms with van der Waals surface area (Å²) < 4.78 is 0. The first-order valence-electron chi connectivity index (χ1n) is 3.70. The third-order valence-corrected chi connectivity index (χ3v) is 1.60. The van der Waals surface area contributed by atoms with Crippen LogP contribution in [0.1, 0.15) is 18.7 Å². The molecule has 5 N–H and O–H groups in total. The lowest BCUT2D eigenvalue weighted by Gasteiger charge is -2.06. The Morgan fingerprint density at radius 3 is 2.92 bits per heavy atom. The third-order valence-electron chi connectivity index (χ3n) is 1.60. The number of nitrogen functional groups attached to an aromatic ring is 1. The molecule has 1 rings (SSSR count).